The molecule has 0 bridgehead atoms. The van der Waals surface area contributed by atoms with Crippen molar-refractivity contribution in [2.24, 2.45) is 33.7 Å². The molecule has 1 aromatic carbocycles. The van der Waals surface area contributed by atoms with Gasteiger partial charge in [0.2, 0.25) is 0 Å². The van der Waals surface area contributed by atoms with Gasteiger partial charge in [-0.05, 0) is 86.0 Å². The van der Waals surface area contributed by atoms with E-state index in [0.29, 0.717) is 5.92 Å². The lowest BCUT2D eigenvalue weighted by Crippen LogP contribution is -2.51. The molecule has 2 N–H and O–H groups in total. The van der Waals surface area contributed by atoms with Crippen LogP contribution in [0.4, 0.5) is 5.82 Å². The Bertz CT molecular complexity index is 1100. The van der Waals surface area contributed by atoms with Crippen molar-refractivity contribution in [1.82, 2.24) is 10.2 Å². The van der Waals surface area contributed by atoms with Crippen LogP contribution in [0, 0.1) is 28.6 Å². The fraction of sp³-hybridized carbons (Fsp3) is 0.593. The highest BCUT2D eigenvalue weighted by atomic mass is 16.3. The molecule has 0 amide bonds. The minimum atomic E-state index is -0.0912. The van der Waals surface area contributed by atoms with Crippen LogP contribution in [0.3, 0.4) is 0 Å². The van der Waals surface area contributed by atoms with Crippen molar-refractivity contribution < 1.29 is 5.11 Å². The summed E-state index contributed by atoms with van der Waals surface area (Å²) in [6.45, 7) is 4.89. The van der Waals surface area contributed by atoms with E-state index in [1.165, 1.54) is 38.5 Å². The van der Waals surface area contributed by atoms with Crippen LogP contribution in [0.25, 0.3) is 10.8 Å². The van der Waals surface area contributed by atoms with Crippen LogP contribution in [-0.2, 0) is 0 Å². The van der Waals surface area contributed by atoms with Crippen LogP contribution >= 0.6 is 0 Å². The Hall–Kier alpha value is -2.27. The number of hydrogen-bond acceptors (Lipinski definition) is 5. The summed E-state index contributed by atoms with van der Waals surface area (Å²) in [5.41, 5.74) is 6.37. The molecule has 4 aliphatic carbocycles. The monoisotopic (exact) mass is 430 g/mol. The van der Waals surface area contributed by atoms with Gasteiger partial charge in [-0.15, -0.1) is 5.10 Å². The van der Waals surface area contributed by atoms with Gasteiger partial charge in [0.05, 0.1) is 18.0 Å². The van der Waals surface area contributed by atoms with Crippen molar-refractivity contribution in [2.45, 2.75) is 71.3 Å². The third-order valence-electron chi connectivity index (χ3n) is 9.80. The van der Waals surface area contributed by atoms with Crippen molar-refractivity contribution in [3.8, 4) is 0 Å². The summed E-state index contributed by atoms with van der Waals surface area (Å²) in [6, 6.07) is 8.14. The second-order valence-electron chi connectivity index (χ2n) is 11.1. The lowest BCUT2D eigenvalue weighted by molar-refractivity contribution is -0.0721. The summed E-state index contributed by atoms with van der Waals surface area (Å²) >= 11 is 0. The molecule has 0 radical (unpaired) electrons. The van der Waals surface area contributed by atoms with Crippen LogP contribution in [0.2, 0.25) is 0 Å². The fourth-order valence-electron chi connectivity index (χ4n) is 7.87. The Kier molecular flexibility index (Phi) is 4.69. The number of nitrogens with zero attached hydrogens (tertiary/aromatic N) is 3. The molecule has 2 aromatic rings. The summed E-state index contributed by atoms with van der Waals surface area (Å²) in [6.07, 6.45) is 13.4. The normalized spacial score (nSPS) is 39.8. The number of nitrogens with one attached hydrogen (secondary N) is 1. The van der Waals surface area contributed by atoms with Crippen molar-refractivity contribution in [1.29, 1.82) is 0 Å². The molecule has 4 aliphatic rings. The van der Waals surface area contributed by atoms with Crippen LogP contribution in [0.15, 0.2) is 47.2 Å². The number of aromatic nitrogens is 2. The van der Waals surface area contributed by atoms with Gasteiger partial charge in [-0.25, -0.2) is 0 Å². The molecule has 1 heterocycles. The maximum Gasteiger partial charge on any atom is 0.176 e. The molecule has 0 unspecified atom stereocenters. The topological polar surface area (TPSA) is 70.4 Å². The van der Waals surface area contributed by atoms with E-state index in [0.717, 1.165) is 47.0 Å². The van der Waals surface area contributed by atoms with Gasteiger partial charge in [-0.1, -0.05) is 43.7 Å². The quantitative estimate of drug-likeness (QED) is 0.598. The number of hydrogen-bond donors (Lipinski definition) is 2. The fourth-order valence-corrected chi connectivity index (χ4v) is 7.87. The van der Waals surface area contributed by atoms with Crippen LogP contribution in [0.1, 0.15) is 65.2 Å². The molecule has 32 heavy (non-hydrogen) atoms. The zero-order valence-corrected chi connectivity index (χ0v) is 19.2. The number of hydrazone groups is 1. The number of aliphatic hydroxyl groups excluding tert-OH is 1. The zero-order chi connectivity index (χ0) is 21.9. The second-order valence-corrected chi connectivity index (χ2v) is 11.1. The number of anilines is 1. The first-order valence-corrected chi connectivity index (χ1v) is 12.4. The summed E-state index contributed by atoms with van der Waals surface area (Å²) < 4.78 is 0. The van der Waals surface area contributed by atoms with Gasteiger partial charge in [0.25, 0.3) is 0 Å². The summed E-state index contributed by atoms with van der Waals surface area (Å²) in [7, 11) is 0. The average Bonchev–Trinajstić information content (AvgIpc) is 3.12. The first-order chi connectivity index (χ1) is 15.5. The third kappa shape index (κ3) is 2.97. The van der Waals surface area contributed by atoms with Crippen molar-refractivity contribution in [2.75, 3.05) is 5.43 Å². The van der Waals surface area contributed by atoms with E-state index in [1.807, 2.05) is 18.2 Å². The van der Waals surface area contributed by atoms with Gasteiger partial charge < -0.3 is 5.11 Å². The van der Waals surface area contributed by atoms with E-state index in [-0.39, 0.29) is 16.9 Å². The molecule has 168 valence electrons. The third-order valence-corrected chi connectivity index (χ3v) is 9.80. The molecule has 3 fully saturated rings. The molecule has 3 saturated carbocycles. The highest BCUT2D eigenvalue weighted by molar-refractivity contribution is 5.98. The van der Waals surface area contributed by atoms with Gasteiger partial charge in [0.1, 0.15) is 0 Å². The smallest absolute Gasteiger partial charge is 0.176 e. The number of aliphatic hydroxyl groups is 1. The molecule has 5 heteroatoms. The predicted molar refractivity (Wildman–Crippen MR) is 128 cm³/mol. The molecular formula is C27H34N4O. The Morgan fingerprint density at radius 3 is 2.81 bits per heavy atom. The molecule has 0 saturated heterocycles. The SMILES string of the molecule is C[C@]12CC[C@H]3[C@@H](CCC4=CC(=NNc5nncc6ccccc56)CC[C@@]43C)[C@@H]1CC[C@@H]2O. The standard InChI is InChI=1S/C27H34N4O/c1-26-13-11-19(29-31-25-20-6-4-3-5-17(20)16-28-30-25)15-18(26)7-8-21-22-9-10-24(32)27(22,2)14-12-23(21)26/h3-6,15-16,21-24,32H,7-14H2,1-2H3,(H,30,31)/t21-,22-,23-,24-,26-,27-/m0/s1. The van der Waals surface area contributed by atoms with E-state index in [9.17, 15) is 5.11 Å². The van der Waals surface area contributed by atoms with E-state index in [1.54, 1.807) is 11.8 Å². The second kappa shape index (κ2) is 7.38. The highest BCUT2D eigenvalue weighted by Crippen LogP contribution is 2.65. The van der Waals surface area contributed by atoms with E-state index >= 15 is 0 Å². The molecule has 5 nitrogen and oxygen atoms in total. The molecule has 0 aliphatic heterocycles. The molecule has 0 spiro atoms. The number of benzene rings is 1. The first kappa shape index (κ1) is 20.3. The van der Waals surface area contributed by atoms with Crippen molar-refractivity contribution in [3.05, 3.63) is 42.1 Å². The van der Waals surface area contributed by atoms with Gasteiger partial charge >= 0.3 is 0 Å². The van der Waals surface area contributed by atoms with Gasteiger partial charge in [0.15, 0.2) is 5.82 Å². The molecule has 1 aromatic heterocycles. The maximum atomic E-state index is 10.7. The summed E-state index contributed by atoms with van der Waals surface area (Å²) in [5.74, 6) is 2.95. The number of allylic oxidation sites excluding steroid dienone is 2. The van der Waals surface area contributed by atoms with E-state index < -0.39 is 0 Å². The Labute approximate surface area is 190 Å². The van der Waals surface area contributed by atoms with Gasteiger partial charge in [-0.3, -0.25) is 5.43 Å². The van der Waals surface area contributed by atoms with E-state index in [4.69, 9.17) is 5.10 Å². The highest BCUT2D eigenvalue weighted by Gasteiger charge is 2.58. The predicted octanol–water partition coefficient (Wildman–Crippen LogP) is 5.72. The maximum absolute atomic E-state index is 10.7. The lowest BCUT2D eigenvalue weighted by atomic mass is 9.47. The minimum absolute atomic E-state index is 0.0912. The van der Waals surface area contributed by atoms with Gasteiger partial charge in [0, 0.05) is 10.8 Å². The number of fused-ring (bicyclic) bond motifs is 6. The Morgan fingerprint density at radius 1 is 1.03 bits per heavy atom. The molecular weight excluding hydrogens is 396 g/mol. The zero-order valence-electron chi connectivity index (χ0n) is 19.2. The van der Waals surface area contributed by atoms with E-state index in [2.05, 4.69) is 41.6 Å². The number of rotatable bonds is 2. The summed E-state index contributed by atoms with van der Waals surface area (Å²) in [5, 5.41) is 25.9. The van der Waals surface area contributed by atoms with Crippen LogP contribution in [0.5, 0.6) is 0 Å². The van der Waals surface area contributed by atoms with Crippen molar-refractivity contribution >= 4 is 22.3 Å². The first-order valence-electron chi connectivity index (χ1n) is 12.4. The largest absolute Gasteiger partial charge is 0.393 e. The van der Waals surface area contributed by atoms with Crippen LogP contribution in [-0.4, -0.2) is 27.1 Å². The summed E-state index contributed by atoms with van der Waals surface area (Å²) in [4.78, 5) is 0. The Balaban J connectivity index is 1.25. The molecule has 6 atom stereocenters. The average molecular weight is 431 g/mol. The minimum Gasteiger partial charge on any atom is -0.393 e. The molecule has 6 rings (SSSR count). The van der Waals surface area contributed by atoms with Gasteiger partial charge in [-0.2, -0.15) is 10.2 Å². The lowest BCUT2D eigenvalue weighted by Gasteiger charge is -2.57. The van der Waals surface area contributed by atoms with Crippen LogP contribution < -0.4 is 5.43 Å². The van der Waals surface area contributed by atoms with Crippen molar-refractivity contribution in [3.63, 3.8) is 0 Å². The Morgan fingerprint density at radius 2 is 1.91 bits per heavy atom.